The molecule has 3 rings (SSSR count). The lowest BCUT2D eigenvalue weighted by Gasteiger charge is -2.17. The predicted octanol–water partition coefficient (Wildman–Crippen LogP) is 2.18. The Kier molecular flexibility index (Phi) is 1.39. The van der Waals surface area contributed by atoms with Gasteiger partial charge < -0.3 is 4.74 Å². The van der Waals surface area contributed by atoms with Gasteiger partial charge >= 0.3 is 0 Å². The Hall–Kier alpha value is -1.83. The van der Waals surface area contributed by atoms with Gasteiger partial charge in [0.05, 0.1) is 6.26 Å². The second-order valence-electron chi connectivity index (χ2n) is 3.41. The minimum Gasteiger partial charge on any atom is -0.485 e. The monoisotopic (exact) mass is 184 g/mol. The highest BCUT2D eigenvalue weighted by atomic mass is 16.5. The molecule has 1 unspecified atom stereocenters. The van der Waals surface area contributed by atoms with Gasteiger partial charge in [-0.3, -0.25) is 4.79 Å². The molecular formula is C12H8O2. The lowest BCUT2D eigenvalue weighted by molar-refractivity contribution is 0.0799. The normalized spacial score (nSPS) is 22.4. The van der Waals surface area contributed by atoms with E-state index in [2.05, 4.69) is 0 Å². The minimum absolute atomic E-state index is 0.0584. The minimum atomic E-state index is -0.398. The molecule has 2 aliphatic rings. The molecule has 0 N–H and O–H groups in total. The fraction of sp³-hybridized carbons (Fsp3) is 0.0833. The highest BCUT2D eigenvalue weighted by Gasteiger charge is 2.31. The van der Waals surface area contributed by atoms with Crippen LogP contribution >= 0.6 is 0 Å². The van der Waals surface area contributed by atoms with Gasteiger partial charge in [0.15, 0.2) is 6.10 Å². The Morgan fingerprint density at radius 3 is 3.00 bits per heavy atom. The van der Waals surface area contributed by atoms with Crippen LogP contribution in [-0.2, 0) is 4.74 Å². The maximum atomic E-state index is 11.9. The second kappa shape index (κ2) is 2.58. The van der Waals surface area contributed by atoms with Crippen molar-refractivity contribution in [2.45, 2.75) is 6.10 Å². The zero-order chi connectivity index (χ0) is 9.54. The number of carbonyl (C=O) groups is 1. The Bertz CT molecular complexity index is 469. The maximum absolute atomic E-state index is 11.9. The number of hydrogen-bond donors (Lipinski definition) is 0. The average Bonchev–Trinajstić information content (AvgIpc) is 2.66. The number of ether oxygens (including phenoxy) is 1. The van der Waals surface area contributed by atoms with Gasteiger partial charge in [0, 0.05) is 11.1 Å². The molecule has 68 valence electrons. The standard InChI is InChI=1S/C12H8O2/c13-11-10-4-2-1-3-8(10)7-9-5-6-14-12(9)11/h1-7,12H. The van der Waals surface area contributed by atoms with E-state index in [1.807, 2.05) is 36.4 Å². The third kappa shape index (κ3) is 0.880. The summed E-state index contributed by atoms with van der Waals surface area (Å²) in [6, 6.07) is 7.59. The van der Waals surface area contributed by atoms with Crippen molar-refractivity contribution < 1.29 is 9.53 Å². The SMILES string of the molecule is O=C1c2ccccc2C=C2C=COC12. The van der Waals surface area contributed by atoms with Crippen LogP contribution in [0.2, 0.25) is 0 Å². The van der Waals surface area contributed by atoms with Crippen LogP contribution in [0, 0.1) is 0 Å². The third-order valence-electron chi connectivity index (χ3n) is 2.56. The predicted molar refractivity (Wildman–Crippen MR) is 52.8 cm³/mol. The molecule has 0 amide bonds. The number of rotatable bonds is 0. The largest absolute Gasteiger partial charge is 0.485 e. The molecule has 1 heterocycles. The average molecular weight is 184 g/mol. The van der Waals surface area contributed by atoms with Crippen molar-refractivity contribution in [1.29, 1.82) is 0 Å². The topological polar surface area (TPSA) is 26.3 Å². The van der Waals surface area contributed by atoms with Gasteiger partial charge in [0.1, 0.15) is 0 Å². The number of carbonyl (C=O) groups excluding carboxylic acids is 1. The third-order valence-corrected chi connectivity index (χ3v) is 2.56. The van der Waals surface area contributed by atoms with E-state index in [4.69, 9.17) is 4.74 Å². The summed E-state index contributed by atoms with van der Waals surface area (Å²) in [6.45, 7) is 0. The van der Waals surface area contributed by atoms with Crippen molar-refractivity contribution in [2.24, 2.45) is 0 Å². The first kappa shape index (κ1) is 7.56. The van der Waals surface area contributed by atoms with E-state index < -0.39 is 6.10 Å². The van der Waals surface area contributed by atoms with Crippen LogP contribution in [0.25, 0.3) is 6.08 Å². The molecule has 14 heavy (non-hydrogen) atoms. The zero-order valence-electron chi connectivity index (χ0n) is 7.44. The van der Waals surface area contributed by atoms with E-state index in [-0.39, 0.29) is 5.78 Å². The molecule has 0 spiro atoms. The molecular weight excluding hydrogens is 176 g/mol. The van der Waals surface area contributed by atoms with E-state index in [0.29, 0.717) is 0 Å². The van der Waals surface area contributed by atoms with Crippen LogP contribution in [0.5, 0.6) is 0 Å². The number of fused-ring (bicyclic) bond motifs is 2. The summed E-state index contributed by atoms with van der Waals surface area (Å²) in [7, 11) is 0. The Labute approximate surface area is 81.5 Å². The fourth-order valence-electron chi connectivity index (χ4n) is 1.87. The molecule has 0 bridgehead atoms. The lowest BCUT2D eigenvalue weighted by Crippen LogP contribution is -2.25. The van der Waals surface area contributed by atoms with Crippen molar-refractivity contribution in [3.05, 3.63) is 53.3 Å². The number of ketones is 1. The summed E-state index contributed by atoms with van der Waals surface area (Å²) in [4.78, 5) is 11.9. The molecule has 1 aliphatic carbocycles. The first-order valence-electron chi connectivity index (χ1n) is 4.53. The summed E-state index contributed by atoms with van der Waals surface area (Å²) in [5, 5.41) is 0. The molecule has 1 atom stereocenters. The molecule has 1 aromatic rings. The molecule has 0 radical (unpaired) electrons. The van der Waals surface area contributed by atoms with Crippen LogP contribution in [-0.4, -0.2) is 11.9 Å². The first-order chi connectivity index (χ1) is 6.86. The molecule has 0 saturated carbocycles. The molecule has 0 fully saturated rings. The van der Waals surface area contributed by atoms with E-state index in [1.165, 1.54) is 0 Å². The van der Waals surface area contributed by atoms with Crippen molar-refractivity contribution in [1.82, 2.24) is 0 Å². The Morgan fingerprint density at radius 2 is 2.07 bits per heavy atom. The van der Waals surface area contributed by atoms with Crippen LogP contribution in [0.4, 0.5) is 0 Å². The van der Waals surface area contributed by atoms with E-state index in [0.717, 1.165) is 16.7 Å². The van der Waals surface area contributed by atoms with E-state index in [9.17, 15) is 4.79 Å². The molecule has 1 aromatic carbocycles. The highest BCUT2D eigenvalue weighted by Crippen LogP contribution is 2.29. The van der Waals surface area contributed by atoms with E-state index in [1.54, 1.807) is 6.26 Å². The summed E-state index contributed by atoms with van der Waals surface area (Å²) >= 11 is 0. The van der Waals surface area contributed by atoms with Crippen molar-refractivity contribution in [3.8, 4) is 0 Å². The Morgan fingerprint density at radius 1 is 1.21 bits per heavy atom. The summed E-state index contributed by atoms with van der Waals surface area (Å²) in [5.74, 6) is 0.0584. The van der Waals surface area contributed by atoms with E-state index >= 15 is 0 Å². The first-order valence-corrected chi connectivity index (χ1v) is 4.53. The quantitative estimate of drug-likeness (QED) is 0.617. The molecule has 2 heteroatoms. The second-order valence-corrected chi connectivity index (χ2v) is 3.41. The molecule has 0 aromatic heterocycles. The number of Topliss-reactive ketones (excluding diaryl/α,β-unsaturated/α-hetero) is 1. The summed E-state index contributed by atoms with van der Waals surface area (Å²) in [6.07, 6.45) is 5.04. The Balaban J connectivity index is 2.24. The van der Waals surface area contributed by atoms with Crippen LogP contribution in [0.1, 0.15) is 15.9 Å². The fourth-order valence-corrected chi connectivity index (χ4v) is 1.87. The number of benzene rings is 1. The lowest BCUT2D eigenvalue weighted by atomic mass is 9.90. The summed E-state index contributed by atoms with van der Waals surface area (Å²) in [5.41, 5.74) is 2.69. The molecule has 1 aliphatic heterocycles. The van der Waals surface area contributed by atoms with Gasteiger partial charge in [0.2, 0.25) is 5.78 Å². The van der Waals surface area contributed by atoms with Crippen molar-refractivity contribution >= 4 is 11.9 Å². The van der Waals surface area contributed by atoms with Crippen LogP contribution < -0.4 is 0 Å². The van der Waals surface area contributed by atoms with Crippen molar-refractivity contribution in [2.75, 3.05) is 0 Å². The van der Waals surface area contributed by atoms with Crippen LogP contribution in [0.3, 0.4) is 0 Å². The van der Waals surface area contributed by atoms with Gasteiger partial charge in [-0.05, 0) is 17.7 Å². The van der Waals surface area contributed by atoms with Gasteiger partial charge in [-0.1, -0.05) is 24.3 Å². The highest BCUT2D eigenvalue weighted by molar-refractivity contribution is 6.08. The number of hydrogen-bond acceptors (Lipinski definition) is 2. The molecule has 0 saturated heterocycles. The van der Waals surface area contributed by atoms with Gasteiger partial charge in [-0.15, -0.1) is 0 Å². The van der Waals surface area contributed by atoms with Gasteiger partial charge in [-0.2, -0.15) is 0 Å². The maximum Gasteiger partial charge on any atom is 0.208 e. The zero-order valence-corrected chi connectivity index (χ0v) is 7.44. The smallest absolute Gasteiger partial charge is 0.208 e. The van der Waals surface area contributed by atoms with Gasteiger partial charge in [-0.25, -0.2) is 0 Å². The summed E-state index contributed by atoms with van der Waals surface area (Å²) < 4.78 is 5.23. The molecule has 2 nitrogen and oxygen atoms in total. The van der Waals surface area contributed by atoms with Crippen LogP contribution in [0.15, 0.2) is 42.2 Å². The van der Waals surface area contributed by atoms with Crippen molar-refractivity contribution in [3.63, 3.8) is 0 Å². The van der Waals surface area contributed by atoms with Gasteiger partial charge in [0.25, 0.3) is 0 Å².